The molecule has 0 saturated heterocycles. The van der Waals surface area contributed by atoms with Crippen molar-refractivity contribution in [3.63, 3.8) is 0 Å². The minimum atomic E-state index is 0.0103. The van der Waals surface area contributed by atoms with E-state index in [1.54, 1.807) is 24.3 Å². The Kier molecular flexibility index (Phi) is 4.35. The molecule has 0 radical (unpaired) electrons. The van der Waals surface area contributed by atoms with Crippen molar-refractivity contribution in [2.45, 2.75) is 12.8 Å². The average Bonchev–Trinajstić information content (AvgIpc) is 2.46. The Balaban J connectivity index is 2.17. The van der Waals surface area contributed by atoms with Crippen LogP contribution in [0, 0.1) is 0 Å². The van der Waals surface area contributed by atoms with Crippen LogP contribution in [-0.2, 0) is 12.8 Å². The van der Waals surface area contributed by atoms with Crippen LogP contribution in [0.1, 0.15) is 11.1 Å². The predicted molar refractivity (Wildman–Crippen MR) is 76.7 cm³/mol. The van der Waals surface area contributed by atoms with Gasteiger partial charge < -0.3 is 19.7 Å². The van der Waals surface area contributed by atoms with Crippen LogP contribution in [0.4, 0.5) is 0 Å². The minimum absolute atomic E-state index is 0.0103. The Morgan fingerprint density at radius 2 is 1.45 bits per heavy atom. The molecule has 0 unspecified atom stereocenters. The van der Waals surface area contributed by atoms with Gasteiger partial charge in [0, 0.05) is 0 Å². The fraction of sp³-hybridized carbons (Fsp3) is 0.250. The highest BCUT2D eigenvalue weighted by Crippen LogP contribution is 2.37. The Hall–Kier alpha value is -2.36. The maximum absolute atomic E-state index is 9.85. The lowest BCUT2D eigenvalue weighted by Gasteiger charge is -2.11. The van der Waals surface area contributed by atoms with E-state index >= 15 is 0 Å². The third kappa shape index (κ3) is 3.15. The quantitative estimate of drug-likeness (QED) is 0.880. The highest BCUT2D eigenvalue weighted by molar-refractivity contribution is 5.52. The molecule has 0 saturated carbocycles. The van der Waals surface area contributed by atoms with Crippen LogP contribution in [0.5, 0.6) is 23.0 Å². The standard InChI is InChI=1S/C16H18O4/c1-19-14-9-12(10-15(20-2)16(14)18)7-6-11-4-3-5-13(17)8-11/h3-5,8-10,17-18H,6-7H2,1-2H3. The molecule has 0 atom stereocenters. The molecule has 0 aliphatic rings. The molecule has 0 aliphatic heterocycles. The van der Waals surface area contributed by atoms with Crippen molar-refractivity contribution in [3.8, 4) is 23.0 Å². The van der Waals surface area contributed by atoms with Gasteiger partial charge >= 0.3 is 0 Å². The molecule has 2 rings (SSSR count). The highest BCUT2D eigenvalue weighted by Gasteiger charge is 2.11. The number of hydrogen-bond donors (Lipinski definition) is 2. The molecule has 4 heteroatoms. The second-order valence-corrected chi connectivity index (χ2v) is 4.52. The zero-order chi connectivity index (χ0) is 14.5. The van der Waals surface area contributed by atoms with Gasteiger partial charge in [-0.2, -0.15) is 0 Å². The summed E-state index contributed by atoms with van der Waals surface area (Å²) in [5, 5.41) is 19.3. The molecule has 2 N–H and O–H groups in total. The van der Waals surface area contributed by atoms with Crippen molar-refractivity contribution < 1.29 is 19.7 Å². The van der Waals surface area contributed by atoms with Crippen LogP contribution in [0.2, 0.25) is 0 Å². The summed E-state index contributed by atoms with van der Waals surface area (Å²) in [6.07, 6.45) is 1.54. The van der Waals surface area contributed by atoms with Gasteiger partial charge in [0.1, 0.15) is 5.75 Å². The van der Waals surface area contributed by atoms with Crippen LogP contribution in [-0.4, -0.2) is 24.4 Å². The van der Waals surface area contributed by atoms with Crippen LogP contribution in [0.25, 0.3) is 0 Å². The van der Waals surface area contributed by atoms with E-state index in [0.29, 0.717) is 11.5 Å². The Morgan fingerprint density at radius 3 is 2.00 bits per heavy atom. The van der Waals surface area contributed by atoms with Crippen LogP contribution in [0.3, 0.4) is 0 Å². The maximum Gasteiger partial charge on any atom is 0.200 e. The lowest BCUT2D eigenvalue weighted by molar-refractivity contribution is 0.339. The molecule has 0 aliphatic carbocycles. The van der Waals surface area contributed by atoms with Gasteiger partial charge in [-0.05, 0) is 48.2 Å². The van der Waals surface area contributed by atoms with Crippen molar-refractivity contribution in [1.29, 1.82) is 0 Å². The van der Waals surface area contributed by atoms with Gasteiger partial charge in [0.25, 0.3) is 0 Å². The van der Waals surface area contributed by atoms with E-state index in [2.05, 4.69) is 0 Å². The molecule has 4 nitrogen and oxygen atoms in total. The summed E-state index contributed by atoms with van der Waals surface area (Å²) in [7, 11) is 3.01. The van der Waals surface area contributed by atoms with Crippen molar-refractivity contribution in [2.24, 2.45) is 0 Å². The lowest BCUT2D eigenvalue weighted by atomic mass is 10.0. The number of benzene rings is 2. The summed E-state index contributed by atoms with van der Waals surface area (Å²) >= 11 is 0. The first-order valence-corrected chi connectivity index (χ1v) is 6.36. The summed E-state index contributed by atoms with van der Waals surface area (Å²) in [4.78, 5) is 0. The first-order chi connectivity index (χ1) is 9.63. The fourth-order valence-corrected chi connectivity index (χ4v) is 2.09. The summed E-state index contributed by atoms with van der Waals surface area (Å²) in [5.41, 5.74) is 2.05. The van der Waals surface area contributed by atoms with Gasteiger partial charge in [0.15, 0.2) is 11.5 Å². The number of methoxy groups -OCH3 is 2. The smallest absolute Gasteiger partial charge is 0.200 e. The lowest BCUT2D eigenvalue weighted by Crippen LogP contribution is -1.95. The topological polar surface area (TPSA) is 58.9 Å². The Labute approximate surface area is 118 Å². The summed E-state index contributed by atoms with van der Waals surface area (Å²) < 4.78 is 10.3. The van der Waals surface area contributed by atoms with Crippen molar-refractivity contribution >= 4 is 0 Å². The van der Waals surface area contributed by atoms with Gasteiger partial charge in [-0.1, -0.05) is 12.1 Å². The van der Waals surface area contributed by atoms with Gasteiger partial charge in [-0.15, -0.1) is 0 Å². The molecule has 0 heterocycles. The van der Waals surface area contributed by atoms with E-state index in [-0.39, 0.29) is 11.5 Å². The van der Waals surface area contributed by atoms with E-state index < -0.39 is 0 Å². The van der Waals surface area contributed by atoms with E-state index in [0.717, 1.165) is 24.0 Å². The van der Waals surface area contributed by atoms with E-state index in [4.69, 9.17) is 9.47 Å². The summed E-state index contributed by atoms with van der Waals surface area (Å²) in [5.74, 6) is 1.07. The van der Waals surface area contributed by atoms with Crippen LogP contribution >= 0.6 is 0 Å². The van der Waals surface area contributed by atoms with E-state index in [1.165, 1.54) is 14.2 Å². The van der Waals surface area contributed by atoms with E-state index in [1.807, 2.05) is 12.1 Å². The number of phenols is 2. The molecule has 0 amide bonds. The SMILES string of the molecule is COc1cc(CCc2cccc(O)c2)cc(OC)c1O. The molecule has 0 fully saturated rings. The van der Waals surface area contributed by atoms with Crippen molar-refractivity contribution in [1.82, 2.24) is 0 Å². The molecular formula is C16H18O4. The molecule has 0 bridgehead atoms. The van der Waals surface area contributed by atoms with Gasteiger partial charge in [-0.25, -0.2) is 0 Å². The summed E-state index contributed by atoms with van der Waals surface area (Å²) in [6.45, 7) is 0. The number of rotatable bonds is 5. The molecule has 0 spiro atoms. The third-order valence-corrected chi connectivity index (χ3v) is 3.15. The number of phenolic OH excluding ortho intramolecular Hbond substituents is 2. The van der Waals surface area contributed by atoms with Gasteiger partial charge in [0.2, 0.25) is 5.75 Å². The molecule has 106 valence electrons. The minimum Gasteiger partial charge on any atom is -0.508 e. The first-order valence-electron chi connectivity index (χ1n) is 6.36. The number of aromatic hydroxyl groups is 2. The molecule has 2 aromatic rings. The molecule has 0 aromatic heterocycles. The van der Waals surface area contributed by atoms with Gasteiger partial charge in [-0.3, -0.25) is 0 Å². The zero-order valence-corrected chi connectivity index (χ0v) is 11.6. The Morgan fingerprint density at radius 1 is 0.850 bits per heavy atom. The second-order valence-electron chi connectivity index (χ2n) is 4.52. The summed E-state index contributed by atoms with van der Waals surface area (Å²) in [6, 6.07) is 10.8. The van der Waals surface area contributed by atoms with Crippen molar-refractivity contribution in [2.75, 3.05) is 14.2 Å². The number of aryl methyl sites for hydroxylation is 2. The van der Waals surface area contributed by atoms with E-state index in [9.17, 15) is 10.2 Å². The Bertz CT molecular complexity index is 568. The zero-order valence-electron chi connectivity index (χ0n) is 11.6. The predicted octanol–water partition coefficient (Wildman–Crippen LogP) is 2.90. The second kappa shape index (κ2) is 6.19. The first kappa shape index (κ1) is 14.1. The van der Waals surface area contributed by atoms with Crippen molar-refractivity contribution in [3.05, 3.63) is 47.5 Å². The fourth-order valence-electron chi connectivity index (χ4n) is 2.09. The normalized spacial score (nSPS) is 10.3. The highest BCUT2D eigenvalue weighted by atomic mass is 16.5. The third-order valence-electron chi connectivity index (χ3n) is 3.15. The van der Waals surface area contributed by atoms with Crippen LogP contribution < -0.4 is 9.47 Å². The maximum atomic E-state index is 9.85. The van der Waals surface area contributed by atoms with Gasteiger partial charge in [0.05, 0.1) is 14.2 Å². The molecule has 20 heavy (non-hydrogen) atoms. The molecular weight excluding hydrogens is 256 g/mol. The monoisotopic (exact) mass is 274 g/mol. The van der Waals surface area contributed by atoms with Crippen LogP contribution in [0.15, 0.2) is 36.4 Å². The largest absolute Gasteiger partial charge is 0.508 e. The average molecular weight is 274 g/mol. The number of ether oxygens (including phenoxy) is 2. The number of hydrogen-bond acceptors (Lipinski definition) is 4. The molecule has 2 aromatic carbocycles.